The fourth-order valence-corrected chi connectivity index (χ4v) is 2.60. The van der Waals surface area contributed by atoms with Crippen molar-refractivity contribution >= 4 is 22.4 Å². The number of thiazole rings is 1. The van der Waals surface area contributed by atoms with Crippen LogP contribution in [0.5, 0.6) is 0 Å². The standard InChI is InChI=1S/C14H18N4OS/c1-4-16-10(3)12-8-20-14(17-12)18-13(19)11-5-9(2)6-15-7-11/h5-8,10,16H,4H2,1-3H3,(H,17,18,19). The fraction of sp³-hybridized carbons (Fsp3) is 0.357. The molecule has 1 unspecified atom stereocenters. The molecule has 0 saturated heterocycles. The minimum absolute atomic E-state index is 0.182. The smallest absolute Gasteiger partial charge is 0.259 e. The van der Waals surface area contributed by atoms with E-state index in [4.69, 9.17) is 0 Å². The Morgan fingerprint density at radius 1 is 1.45 bits per heavy atom. The Morgan fingerprint density at radius 3 is 2.95 bits per heavy atom. The highest BCUT2D eigenvalue weighted by Gasteiger charge is 2.12. The second kappa shape index (κ2) is 6.58. The van der Waals surface area contributed by atoms with E-state index in [9.17, 15) is 4.79 Å². The fourth-order valence-electron chi connectivity index (χ4n) is 1.80. The monoisotopic (exact) mass is 290 g/mol. The summed E-state index contributed by atoms with van der Waals surface area (Å²) in [6.45, 7) is 6.89. The molecule has 0 aliphatic carbocycles. The molecule has 0 saturated carbocycles. The van der Waals surface area contributed by atoms with Crippen LogP contribution in [0, 0.1) is 6.92 Å². The summed E-state index contributed by atoms with van der Waals surface area (Å²) in [4.78, 5) is 20.5. The molecule has 0 bridgehead atoms. The maximum Gasteiger partial charge on any atom is 0.259 e. The van der Waals surface area contributed by atoms with Crippen LogP contribution >= 0.6 is 11.3 Å². The van der Waals surface area contributed by atoms with Crippen LogP contribution < -0.4 is 10.6 Å². The molecule has 6 heteroatoms. The van der Waals surface area contributed by atoms with Gasteiger partial charge in [-0.1, -0.05) is 6.92 Å². The van der Waals surface area contributed by atoms with E-state index >= 15 is 0 Å². The first-order valence-electron chi connectivity index (χ1n) is 6.52. The molecular formula is C14H18N4OS. The predicted molar refractivity (Wildman–Crippen MR) is 81.1 cm³/mol. The summed E-state index contributed by atoms with van der Waals surface area (Å²) in [7, 11) is 0. The molecule has 0 aliphatic rings. The highest BCUT2D eigenvalue weighted by molar-refractivity contribution is 7.14. The molecule has 2 heterocycles. The van der Waals surface area contributed by atoms with E-state index in [0.29, 0.717) is 10.7 Å². The summed E-state index contributed by atoms with van der Waals surface area (Å²) < 4.78 is 0. The Bertz CT molecular complexity index is 596. The van der Waals surface area contributed by atoms with Crippen LogP contribution in [0.1, 0.15) is 41.5 Å². The Morgan fingerprint density at radius 2 is 2.25 bits per heavy atom. The molecule has 2 aromatic rings. The van der Waals surface area contributed by atoms with E-state index in [-0.39, 0.29) is 11.9 Å². The zero-order valence-corrected chi connectivity index (χ0v) is 12.6. The Hall–Kier alpha value is -1.79. The van der Waals surface area contributed by atoms with Gasteiger partial charge in [0, 0.05) is 23.8 Å². The second-order valence-electron chi connectivity index (χ2n) is 4.56. The number of nitrogens with one attached hydrogen (secondary N) is 2. The quantitative estimate of drug-likeness (QED) is 0.888. The van der Waals surface area contributed by atoms with Crippen molar-refractivity contribution in [3.63, 3.8) is 0 Å². The van der Waals surface area contributed by atoms with E-state index in [1.54, 1.807) is 18.5 Å². The first-order chi connectivity index (χ1) is 9.60. The zero-order chi connectivity index (χ0) is 14.5. The summed E-state index contributed by atoms with van der Waals surface area (Å²) in [6.07, 6.45) is 3.27. The molecular weight excluding hydrogens is 272 g/mol. The first-order valence-corrected chi connectivity index (χ1v) is 7.40. The van der Waals surface area contributed by atoms with Crippen molar-refractivity contribution < 1.29 is 4.79 Å². The van der Waals surface area contributed by atoms with E-state index in [1.165, 1.54) is 11.3 Å². The molecule has 1 atom stereocenters. The van der Waals surface area contributed by atoms with E-state index in [0.717, 1.165) is 17.8 Å². The highest BCUT2D eigenvalue weighted by atomic mass is 32.1. The summed E-state index contributed by atoms with van der Waals surface area (Å²) in [5, 5.41) is 8.66. The maximum atomic E-state index is 12.1. The number of amides is 1. The number of nitrogens with zero attached hydrogens (tertiary/aromatic N) is 2. The number of rotatable bonds is 5. The van der Waals surface area contributed by atoms with Crippen molar-refractivity contribution in [2.75, 3.05) is 11.9 Å². The van der Waals surface area contributed by atoms with Crippen LogP contribution in [0.2, 0.25) is 0 Å². The number of hydrogen-bond donors (Lipinski definition) is 2. The molecule has 0 spiro atoms. The molecule has 0 aliphatic heterocycles. The van der Waals surface area contributed by atoms with Crippen LogP contribution in [0.15, 0.2) is 23.8 Å². The van der Waals surface area contributed by atoms with Gasteiger partial charge in [0.15, 0.2) is 5.13 Å². The molecule has 0 aromatic carbocycles. The van der Waals surface area contributed by atoms with Gasteiger partial charge in [0.2, 0.25) is 0 Å². The molecule has 2 N–H and O–H groups in total. The lowest BCUT2D eigenvalue weighted by atomic mass is 10.2. The molecule has 0 fully saturated rings. The summed E-state index contributed by atoms with van der Waals surface area (Å²) in [5.74, 6) is -0.182. The highest BCUT2D eigenvalue weighted by Crippen LogP contribution is 2.21. The van der Waals surface area contributed by atoms with E-state index < -0.39 is 0 Å². The van der Waals surface area contributed by atoms with Crippen LogP contribution in [-0.4, -0.2) is 22.4 Å². The number of hydrogen-bond acceptors (Lipinski definition) is 5. The Balaban J connectivity index is 2.05. The van der Waals surface area contributed by atoms with Gasteiger partial charge in [-0.05, 0) is 32.0 Å². The maximum absolute atomic E-state index is 12.1. The third-order valence-corrected chi connectivity index (χ3v) is 3.61. The van der Waals surface area contributed by atoms with Gasteiger partial charge in [0.1, 0.15) is 0 Å². The largest absolute Gasteiger partial charge is 0.309 e. The number of carbonyl (C=O) groups is 1. The van der Waals surface area contributed by atoms with E-state index in [2.05, 4.69) is 34.4 Å². The van der Waals surface area contributed by atoms with Crippen molar-refractivity contribution in [1.29, 1.82) is 0 Å². The third kappa shape index (κ3) is 3.61. The average Bonchev–Trinajstić information content (AvgIpc) is 2.87. The second-order valence-corrected chi connectivity index (χ2v) is 5.42. The van der Waals surface area contributed by atoms with Gasteiger partial charge in [-0.3, -0.25) is 15.1 Å². The van der Waals surface area contributed by atoms with Crippen LogP contribution in [0.3, 0.4) is 0 Å². The lowest BCUT2D eigenvalue weighted by Crippen LogP contribution is -2.18. The van der Waals surface area contributed by atoms with Crippen molar-refractivity contribution in [1.82, 2.24) is 15.3 Å². The lowest BCUT2D eigenvalue weighted by Gasteiger charge is -2.08. The summed E-state index contributed by atoms with van der Waals surface area (Å²) in [5.41, 5.74) is 2.44. The van der Waals surface area contributed by atoms with Crippen molar-refractivity contribution in [2.45, 2.75) is 26.8 Å². The molecule has 20 heavy (non-hydrogen) atoms. The van der Waals surface area contributed by atoms with Crippen LogP contribution in [0.25, 0.3) is 0 Å². The van der Waals surface area contributed by atoms with Gasteiger partial charge in [-0.2, -0.15) is 0 Å². The van der Waals surface area contributed by atoms with Crippen LogP contribution in [0.4, 0.5) is 5.13 Å². The SMILES string of the molecule is CCNC(C)c1csc(NC(=O)c2cncc(C)c2)n1. The van der Waals surface area contributed by atoms with Crippen LogP contribution in [-0.2, 0) is 0 Å². The minimum Gasteiger partial charge on any atom is -0.309 e. The third-order valence-electron chi connectivity index (χ3n) is 2.83. The zero-order valence-electron chi connectivity index (χ0n) is 11.8. The molecule has 5 nitrogen and oxygen atoms in total. The first kappa shape index (κ1) is 14.6. The Labute approximate surface area is 122 Å². The van der Waals surface area contributed by atoms with Crippen molar-refractivity contribution in [3.05, 3.63) is 40.7 Å². The van der Waals surface area contributed by atoms with Gasteiger partial charge in [-0.25, -0.2) is 4.98 Å². The Kier molecular flexibility index (Phi) is 4.81. The lowest BCUT2D eigenvalue weighted by molar-refractivity contribution is 0.102. The predicted octanol–water partition coefficient (Wildman–Crippen LogP) is 2.77. The minimum atomic E-state index is -0.182. The number of anilines is 1. The molecule has 106 valence electrons. The number of aromatic nitrogens is 2. The molecule has 2 aromatic heterocycles. The molecule has 2 rings (SSSR count). The molecule has 1 amide bonds. The average molecular weight is 290 g/mol. The van der Waals surface area contributed by atoms with E-state index in [1.807, 2.05) is 12.3 Å². The summed E-state index contributed by atoms with van der Waals surface area (Å²) in [6, 6.07) is 1.99. The normalized spacial score (nSPS) is 12.2. The number of carbonyl (C=O) groups excluding carboxylic acids is 1. The van der Waals surface area contributed by atoms with Gasteiger partial charge in [0.25, 0.3) is 5.91 Å². The number of pyridine rings is 1. The van der Waals surface area contributed by atoms with Crippen molar-refractivity contribution in [2.24, 2.45) is 0 Å². The summed E-state index contributed by atoms with van der Waals surface area (Å²) >= 11 is 1.43. The van der Waals surface area contributed by atoms with Gasteiger partial charge in [0.05, 0.1) is 11.3 Å². The van der Waals surface area contributed by atoms with Gasteiger partial charge >= 0.3 is 0 Å². The number of aryl methyl sites for hydroxylation is 1. The van der Waals surface area contributed by atoms with Gasteiger partial charge in [-0.15, -0.1) is 11.3 Å². The van der Waals surface area contributed by atoms with Crippen molar-refractivity contribution in [3.8, 4) is 0 Å². The molecule has 0 radical (unpaired) electrons. The topological polar surface area (TPSA) is 66.9 Å². The van der Waals surface area contributed by atoms with Gasteiger partial charge < -0.3 is 5.32 Å².